The first-order chi connectivity index (χ1) is 14.4. The van der Waals surface area contributed by atoms with E-state index in [2.05, 4.69) is 5.32 Å². The number of hydrogen-bond donors (Lipinski definition) is 1. The average Bonchev–Trinajstić information content (AvgIpc) is 2.75. The Balaban J connectivity index is 1.55. The summed E-state index contributed by atoms with van der Waals surface area (Å²) in [6, 6.07) is 14.4. The summed E-state index contributed by atoms with van der Waals surface area (Å²) in [4.78, 5) is 12.6. The number of rotatable bonds is 8. The Morgan fingerprint density at radius 3 is 2.47 bits per heavy atom. The zero-order valence-electron chi connectivity index (χ0n) is 17.0. The second-order valence-corrected chi connectivity index (χ2v) is 9.78. The number of amides is 1. The summed E-state index contributed by atoms with van der Waals surface area (Å²) in [6.45, 7) is 3.59. The molecule has 1 unspecified atom stereocenters. The zero-order valence-corrected chi connectivity index (χ0v) is 18.6. The van der Waals surface area contributed by atoms with Gasteiger partial charge in [-0.05, 0) is 55.2 Å². The summed E-state index contributed by atoms with van der Waals surface area (Å²) in [6.07, 6.45) is 1.35. The molecule has 1 saturated heterocycles. The molecule has 6 nitrogen and oxygen atoms in total. The van der Waals surface area contributed by atoms with Crippen molar-refractivity contribution in [2.75, 3.05) is 19.7 Å². The Kier molecular flexibility index (Phi) is 7.75. The van der Waals surface area contributed by atoms with Crippen molar-refractivity contribution in [1.29, 1.82) is 0 Å². The molecule has 1 atom stereocenters. The van der Waals surface area contributed by atoms with E-state index < -0.39 is 10.0 Å². The van der Waals surface area contributed by atoms with Crippen LogP contribution >= 0.6 is 11.6 Å². The smallest absolute Gasteiger partial charge is 0.224 e. The van der Waals surface area contributed by atoms with E-state index in [4.69, 9.17) is 16.3 Å². The van der Waals surface area contributed by atoms with Crippen molar-refractivity contribution in [1.82, 2.24) is 9.62 Å². The third-order valence-electron chi connectivity index (χ3n) is 5.11. The third-order valence-corrected chi connectivity index (χ3v) is 7.18. The van der Waals surface area contributed by atoms with E-state index in [1.807, 2.05) is 31.2 Å². The molecule has 0 saturated carbocycles. The molecule has 2 aromatic rings. The summed E-state index contributed by atoms with van der Waals surface area (Å²) >= 11 is 5.87. The van der Waals surface area contributed by atoms with Gasteiger partial charge in [0.15, 0.2) is 0 Å². The normalized spacial score (nSPS) is 17.5. The van der Waals surface area contributed by atoms with Crippen LogP contribution in [0, 0.1) is 5.92 Å². The van der Waals surface area contributed by atoms with Crippen molar-refractivity contribution >= 4 is 27.5 Å². The van der Waals surface area contributed by atoms with Gasteiger partial charge in [-0.3, -0.25) is 4.79 Å². The highest BCUT2D eigenvalue weighted by Gasteiger charge is 2.32. The summed E-state index contributed by atoms with van der Waals surface area (Å²) in [5.41, 5.74) is 1.65. The van der Waals surface area contributed by atoms with E-state index >= 15 is 0 Å². The van der Waals surface area contributed by atoms with E-state index in [1.165, 1.54) is 4.31 Å². The highest BCUT2D eigenvalue weighted by Crippen LogP contribution is 2.22. The van der Waals surface area contributed by atoms with Gasteiger partial charge in [-0.2, -0.15) is 0 Å². The molecule has 2 aromatic carbocycles. The van der Waals surface area contributed by atoms with Gasteiger partial charge in [-0.1, -0.05) is 35.9 Å². The number of sulfonamides is 1. The van der Waals surface area contributed by atoms with Crippen LogP contribution in [-0.2, 0) is 27.1 Å². The topological polar surface area (TPSA) is 75.7 Å². The number of benzene rings is 2. The minimum absolute atomic E-state index is 0.0926. The predicted molar refractivity (Wildman–Crippen MR) is 118 cm³/mol. The van der Waals surface area contributed by atoms with E-state index in [-0.39, 0.29) is 24.1 Å². The predicted octanol–water partition coefficient (Wildman–Crippen LogP) is 3.60. The van der Waals surface area contributed by atoms with Crippen LogP contribution in [0.5, 0.6) is 5.75 Å². The first-order valence-corrected chi connectivity index (χ1v) is 12.1. The molecule has 0 aliphatic carbocycles. The van der Waals surface area contributed by atoms with Crippen molar-refractivity contribution in [3.8, 4) is 5.75 Å². The molecule has 0 radical (unpaired) electrons. The number of ether oxygens (including phenoxy) is 1. The Morgan fingerprint density at radius 2 is 1.80 bits per heavy atom. The van der Waals surface area contributed by atoms with Gasteiger partial charge >= 0.3 is 0 Å². The Bertz CT molecular complexity index is 946. The van der Waals surface area contributed by atoms with Crippen molar-refractivity contribution < 1.29 is 17.9 Å². The van der Waals surface area contributed by atoms with Crippen LogP contribution in [0.2, 0.25) is 5.02 Å². The van der Waals surface area contributed by atoms with Crippen molar-refractivity contribution in [2.24, 2.45) is 5.92 Å². The van der Waals surface area contributed by atoms with E-state index in [1.54, 1.807) is 24.3 Å². The van der Waals surface area contributed by atoms with Crippen molar-refractivity contribution in [2.45, 2.75) is 32.1 Å². The van der Waals surface area contributed by atoms with Crippen LogP contribution in [0.4, 0.5) is 0 Å². The molecule has 1 heterocycles. The summed E-state index contributed by atoms with van der Waals surface area (Å²) in [5.74, 6) is 0.239. The van der Waals surface area contributed by atoms with Crippen molar-refractivity contribution in [3.63, 3.8) is 0 Å². The number of nitrogens with zero attached hydrogens (tertiary/aromatic N) is 1. The van der Waals surface area contributed by atoms with Gasteiger partial charge in [0, 0.05) is 24.7 Å². The molecule has 162 valence electrons. The molecule has 1 aliphatic heterocycles. The van der Waals surface area contributed by atoms with Gasteiger partial charge in [0.1, 0.15) is 5.75 Å². The van der Waals surface area contributed by atoms with Gasteiger partial charge < -0.3 is 10.1 Å². The second-order valence-electron chi connectivity index (χ2n) is 7.37. The molecular formula is C22H27ClN2O4S. The standard InChI is InChI=1S/C22H27ClN2O4S/c1-2-29-21-11-7-17(8-12-21)14-24-22(26)19-4-3-13-25(15-19)30(27,28)16-18-5-9-20(23)10-6-18/h5-12,19H,2-4,13-16H2,1H3,(H,24,26). The van der Waals surface area contributed by atoms with E-state index in [0.29, 0.717) is 43.1 Å². The van der Waals surface area contributed by atoms with Crippen LogP contribution in [0.25, 0.3) is 0 Å². The first-order valence-electron chi connectivity index (χ1n) is 10.1. The Morgan fingerprint density at radius 1 is 1.13 bits per heavy atom. The molecule has 3 rings (SSSR count). The molecule has 0 bridgehead atoms. The number of nitrogens with one attached hydrogen (secondary N) is 1. The fraction of sp³-hybridized carbons (Fsp3) is 0.409. The zero-order chi connectivity index (χ0) is 21.6. The number of piperidine rings is 1. The van der Waals surface area contributed by atoms with Gasteiger partial charge in [0.05, 0.1) is 18.3 Å². The summed E-state index contributed by atoms with van der Waals surface area (Å²) < 4.78 is 32.5. The maximum absolute atomic E-state index is 12.8. The van der Waals surface area contributed by atoms with Gasteiger partial charge in [-0.15, -0.1) is 0 Å². The Labute approximate surface area is 183 Å². The summed E-state index contributed by atoms with van der Waals surface area (Å²) in [5, 5.41) is 3.50. The third kappa shape index (κ3) is 6.20. The van der Waals surface area contributed by atoms with Crippen molar-refractivity contribution in [3.05, 3.63) is 64.7 Å². The number of carbonyl (C=O) groups is 1. The lowest BCUT2D eigenvalue weighted by Gasteiger charge is -2.31. The van der Waals surface area contributed by atoms with Crippen LogP contribution < -0.4 is 10.1 Å². The molecule has 0 spiro atoms. The summed E-state index contributed by atoms with van der Waals surface area (Å²) in [7, 11) is -3.50. The van der Waals surface area contributed by atoms with E-state index in [9.17, 15) is 13.2 Å². The monoisotopic (exact) mass is 450 g/mol. The molecule has 8 heteroatoms. The Hall–Kier alpha value is -2.09. The fourth-order valence-corrected chi connectivity index (χ4v) is 5.23. The molecule has 1 aliphatic rings. The quantitative estimate of drug-likeness (QED) is 0.666. The van der Waals surface area contributed by atoms with Gasteiger partial charge in [-0.25, -0.2) is 12.7 Å². The molecule has 30 heavy (non-hydrogen) atoms. The highest BCUT2D eigenvalue weighted by molar-refractivity contribution is 7.88. The van der Waals surface area contributed by atoms with Crippen LogP contribution in [0.3, 0.4) is 0 Å². The average molecular weight is 451 g/mol. The van der Waals surface area contributed by atoms with Crippen LogP contribution in [-0.4, -0.2) is 38.3 Å². The molecule has 1 N–H and O–H groups in total. The lowest BCUT2D eigenvalue weighted by Crippen LogP contribution is -2.45. The van der Waals surface area contributed by atoms with Crippen LogP contribution in [0.15, 0.2) is 48.5 Å². The lowest BCUT2D eigenvalue weighted by atomic mass is 9.99. The minimum atomic E-state index is -3.50. The first kappa shape index (κ1) is 22.6. The molecular weight excluding hydrogens is 424 g/mol. The lowest BCUT2D eigenvalue weighted by molar-refractivity contribution is -0.126. The SMILES string of the molecule is CCOc1ccc(CNC(=O)C2CCCN(S(=O)(=O)Cc3ccc(Cl)cc3)C2)cc1. The minimum Gasteiger partial charge on any atom is -0.494 e. The highest BCUT2D eigenvalue weighted by atomic mass is 35.5. The number of halogens is 1. The fourth-order valence-electron chi connectivity index (χ4n) is 3.50. The number of carbonyl (C=O) groups excluding carboxylic acids is 1. The largest absolute Gasteiger partial charge is 0.494 e. The molecule has 1 amide bonds. The van der Waals surface area contributed by atoms with Gasteiger partial charge in [0.2, 0.25) is 15.9 Å². The van der Waals surface area contributed by atoms with E-state index in [0.717, 1.165) is 11.3 Å². The second kappa shape index (κ2) is 10.3. The van der Waals surface area contributed by atoms with Crippen LogP contribution in [0.1, 0.15) is 30.9 Å². The maximum Gasteiger partial charge on any atom is 0.224 e. The maximum atomic E-state index is 12.8. The van der Waals surface area contributed by atoms with Gasteiger partial charge in [0.25, 0.3) is 0 Å². The molecule has 1 fully saturated rings. The number of hydrogen-bond acceptors (Lipinski definition) is 4. The molecule has 0 aromatic heterocycles.